The fraction of sp³-hybridized carbons (Fsp3) is 0.200. The van der Waals surface area contributed by atoms with Crippen LogP contribution in [0, 0.1) is 0 Å². The van der Waals surface area contributed by atoms with Gasteiger partial charge in [0.05, 0.1) is 29.4 Å². The molecule has 5 nitrogen and oxygen atoms in total. The molecule has 0 unspecified atom stereocenters. The molecular weight excluding hydrogens is 256 g/mol. The van der Waals surface area contributed by atoms with Crippen molar-refractivity contribution >= 4 is 28.3 Å². The molecule has 0 aliphatic carbocycles. The second-order valence-electron chi connectivity index (χ2n) is 4.61. The van der Waals surface area contributed by atoms with E-state index in [0.717, 1.165) is 21.8 Å². The van der Waals surface area contributed by atoms with Gasteiger partial charge in [-0.3, -0.25) is 9.78 Å². The monoisotopic (exact) mass is 270 g/mol. The molecule has 2 heterocycles. The van der Waals surface area contributed by atoms with Gasteiger partial charge >= 0.3 is 0 Å². The molecule has 102 valence electrons. The van der Waals surface area contributed by atoms with E-state index in [1.54, 1.807) is 6.20 Å². The highest BCUT2D eigenvalue weighted by Gasteiger charge is 2.15. The number of para-hydroxylation sites is 1. The topological polar surface area (TPSA) is 64.3 Å². The van der Waals surface area contributed by atoms with E-state index in [-0.39, 0.29) is 12.4 Å². The van der Waals surface area contributed by atoms with E-state index in [1.165, 1.54) is 0 Å². The third-order valence-electron chi connectivity index (χ3n) is 3.53. The number of aromatic hydroxyl groups is 1. The lowest BCUT2D eigenvalue weighted by Crippen LogP contribution is -2.00. The third kappa shape index (κ3) is 1.79. The summed E-state index contributed by atoms with van der Waals surface area (Å²) in [6, 6.07) is 7.88. The summed E-state index contributed by atoms with van der Waals surface area (Å²) >= 11 is 0. The van der Waals surface area contributed by atoms with Gasteiger partial charge in [-0.05, 0) is 6.07 Å². The van der Waals surface area contributed by atoms with E-state index in [4.69, 9.17) is 0 Å². The molecule has 5 heteroatoms. The van der Waals surface area contributed by atoms with Crippen LogP contribution in [-0.2, 0) is 23.0 Å². The van der Waals surface area contributed by atoms with E-state index in [2.05, 4.69) is 9.72 Å². The van der Waals surface area contributed by atoms with Crippen molar-refractivity contribution in [3.8, 4) is 5.75 Å². The van der Waals surface area contributed by atoms with Crippen LogP contribution in [0.15, 0.2) is 30.5 Å². The van der Waals surface area contributed by atoms with Crippen LogP contribution >= 0.6 is 0 Å². The average Bonchev–Trinajstić information content (AvgIpc) is 2.76. The highest BCUT2D eigenvalue weighted by molar-refractivity contribution is 6.10. The Labute approximate surface area is 115 Å². The van der Waals surface area contributed by atoms with Crippen LogP contribution in [0.25, 0.3) is 21.8 Å². The Bertz CT molecular complexity index is 793. The fourth-order valence-electron chi connectivity index (χ4n) is 2.54. The van der Waals surface area contributed by atoms with Crippen LogP contribution in [0.5, 0.6) is 5.75 Å². The van der Waals surface area contributed by atoms with Crippen molar-refractivity contribution in [2.75, 3.05) is 6.61 Å². The van der Waals surface area contributed by atoms with Crippen LogP contribution in [-0.4, -0.2) is 27.7 Å². The summed E-state index contributed by atoms with van der Waals surface area (Å²) in [7, 11) is 1.95. The van der Waals surface area contributed by atoms with E-state index in [9.17, 15) is 9.90 Å². The van der Waals surface area contributed by atoms with E-state index < -0.39 is 0 Å². The number of ether oxygens (including phenoxy) is 1. The summed E-state index contributed by atoms with van der Waals surface area (Å²) in [4.78, 5) is 14.4. The molecule has 1 aromatic carbocycles. The van der Waals surface area contributed by atoms with Crippen molar-refractivity contribution in [2.45, 2.75) is 6.42 Å². The van der Waals surface area contributed by atoms with Gasteiger partial charge in [0.25, 0.3) is 6.47 Å². The minimum absolute atomic E-state index is 0.161. The van der Waals surface area contributed by atoms with Crippen LogP contribution in [0.4, 0.5) is 0 Å². The summed E-state index contributed by atoms with van der Waals surface area (Å²) in [5, 5.41) is 12.2. The van der Waals surface area contributed by atoms with Crippen LogP contribution in [0.1, 0.15) is 5.69 Å². The van der Waals surface area contributed by atoms with Crippen molar-refractivity contribution in [2.24, 2.45) is 7.05 Å². The maximum Gasteiger partial charge on any atom is 0.293 e. The maximum atomic E-state index is 10.4. The number of hydrogen-bond acceptors (Lipinski definition) is 4. The second kappa shape index (κ2) is 4.85. The Hall–Kier alpha value is -2.56. The molecule has 0 radical (unpaired) electrons. The molecule has 2 aromatic heterocycles. The first-order valence-corrected chi connectivity index (χ1v) is 6.33. The van der Waals surface area contributed by atoms with Crippen molar-refractivity contribution < 1.29 is 14.6 Å². The maximum absolute atomic E-state index is 10.4. The number of fused-ring (bicyclic) bond motifs is 3. The minimum Gasteiger partial charge on any atom is -0.505 e. The molecule has 20 heavy (non-hydrogen) atoms. The molecule has 0 aliphatic rings. The number of carbonyl (C=O) groups is 1. The summed E-state index contributed by atoms with van der Waals surface area (Å²) in [5.41, 5.74) is 2.46. The number of rotatable bonds is 4. The SMILES string of the molecule is Cn1c2ccccc2c2c(O)c(CCOC=O)ncc21. The number of pyridine rings is 1. The van der Waals surface area contributed by atoms with Gasteiger partial charge in [-0.2, -0.15) is 0 Å². The fourth-order valence-corrected chi connectivity index (χ4v) is 2.54. The van der Waals surface area contributed by atoms with Gasteiger partial charge in [0.1, 0.15) is 5.75 Å². The van der Waals surface area contributed by atoms with Crippen LogP contribution in [0.3, 0.4) is 0 Å². The number of carbonyl (C=O) groups excluding carboxylic acids is 1. The van der Waals surface area contributed by atoms with E-state index in [0.29, 0.717) is 18.6 Å². The molecule has 0 amide bonds. The molecule has 0 aliphatic heterocycles. The Kier molecular flexibility index (Phi) is 3.02. The number of aryl methyl sites for hydroxylation is 1. The molecule has 0 atom stereocenters. The lowest BCUT2D eigenvalue weighted by Gasteiger charge is -2.05. The van der Waals surface area contributed by atoms with E-state index in [1.807, 2.05) is 35.9 Å². The minimum atomic E-state index is 0.161. The zero-order valence-corrected chi connectivity index (χ0v) is 11.0. The molecule has 0 saturated heterocycles. The summed E-state index contributed by atoms with van der Waals surface area (Å²) in [6.07, 6.45) is 2.13. The molecule has 0 saturated carbocycles. The van der Waals surface area contributed by atoms with Gasteiger partial charge in [-0.15, -0.1) is 0 Å². The van der Waals surface area contributed by atoms with Gasteiger partial charge in [0, 0.05) is 24.4 Å². The van der Waals surface area contributed by atoms with Crippen molar-refractivity contribution in [3.05, 3.63) is 36.2 Å². The first-order chi connectivity index (χ1) is 9.74. The van der Waals surface area contributed by atoms with Crippen molar-refractivity contribution in [1.82, 2.24) is 9.55 Å². The Morgan fingerprint density at radius 1 is 1.35 bits per heavy atom. The zero-order chi connectivity index (χ0) is 14.1. The first-order valence-electron chi connectivity index (χ1n) is 6.33. The molecule has 1 N–H and O–H groups in total. The molecule has 3 aromatic rings. The van der Waals surface area contributed by atoms with Gasteiger partial charge in [0.15, 0.2) is 0 Å². The van der Waals surface area contributed by atoms with Crippen molar-refractivity contribution in [3.63, 3.8) is 0 Å². The Morgan fingerprint density at radius 3 is 2.95 bits per heavy atom. The molecular formula is C15H14N2O3. The zero-order valence-electron chi connectivity index (χ0n) is 11.0. The lowest BCUT2D eigenvalue weighted by atomic mass is 10.1. The van der Waals surface area contributed by atoms with Crippen LogP contribution in [0.2, 0.25) is 0 Å². The average molecular weight is 270 g/mol. The number of nitrogens with zero attached hydrogens (tertiary/aromatic N) is 2. The summed E-state index contributed by atoms with van der Waals surface area (Å²) < 4.78 is 6.66. The Balaban J connectivity index is 2.21. The number of hydrogen-bond donors (Lipinski definition) is 1. The van der Waals surface area contributed by atoms with Gasteiger partial charge in [-0.25, -0.2) is 0 Å². The van der Waals surface area contributed by atoms with Gasteiger partial charge < -0.3 is 14.4 Å². The summed E-state index contributed by atoms with van der Waals surface area (Å²) in [6.45, 7) is 0.605. The highest BCUT2D eigenvalue weighted by Crippen LogP contribution is 2.35. The molecule has 0 fully saturated rings. The molecule has 0 bridgehead atoms. The predicted octanol–water partition coefficient (Wildman–Crippen LogP) is 2.15. The largest absolute Gasteiger partial charge is 0.505 e. The molecule has 0 spiro atoms. The van der Waals surface area contributed by atoms with Gasteiger partial charge in [-0.1, -0.05) is 18.2 Å². The normalized spacial score (nSPS) is 11.1. The standard InChI is InChI=1S/C15H14N2O3/c1-17-12-5-3-2-4-10(12)14-13(17)8-16-11(15(14)19)6-7-20-9-18/h2-5,8-9,19H,6-7H2,1H3. The lowest BCUT2D eigenvalue weighted by molar-refractivity contribution is -0.128. The highest BCUT2D eigenvalue weighted by atomic mass is 16.5. The Morgan fingerprint density at radius 2 is 2.15 bits per heavy atom. The van der Waals surface area contributed by atoms with Crippen LogP contribution < -0.4 is 0 Å². The number of benzene rings is 1. The number of aromatic nitrogens is 2. The third-order valence-corrected chi connectivity index (χ3v) is 3.53. The quantitative estimate of drug-likeness (QED) is 0.583. The van der Waals surface area contributed by atoms with Gasteiger partial charge in [0.2, 0.25) is 0 Å². The smallest absolute Gasteiger partial charge is 0.293 e. The first kappa shape index (κ1) is 12.5. The van der Waals surface area contributed by atoms with E-state index >= 15 is 0 Å². The second-order valence-corrected chi connectivity index (χ2v) is 4.61. The molecule has 3 rings (SSSR count). The van der Waals surface area contributed by atoms with Crippen molar-refractivity contribution in [1.29, 1.82) is 0 Å². The predicted molar refractivity (Wildman–Crippen MR) is 75.6 cm³/mol. The summed E-state index contributed by atoms with van der Waals surface area (Å²) in [5.74, 6) is 0.161.